The molecule has 0 aromatic carbocycles. The zero-order chi connectivity index (χ0) is 18.3. The average molecular weight is 346 g/mol. The lowest BCUT2D eigenvalue weighted by atomic mass is 9.77. The van der Waals surface area contributed by atoms with Crippen LogP contribution in [0.3, 0.4) is 0 Å². The van der Waals surface area contributed by atoms with Gasteiger partial charge in [-0.25, -0.2) is 0 Å². The van der Waals surface area contributed by atoms with E-state index in [9.17, 15) is 14.7 Å². The van der Waals surface area contributed by atoms with Crippen molar-refractivity contribution in [3.63, 3.8) is 0 Å². The van der Waals surface area contributed by atoms with Crippen molar-refractivity contribution in [1.82, 2.24) is 0 Å². The smallest absolute Gasteiger partial charge is 0.309 e. The highest BCUT2D eigenvalue weighted by Gasteiger charge is 2.37. The Kier molecular flexibility index (Phi) is 13.5. The van der Waals surface area contributed by atoms with Crippen molar-refractivity contribution in [1.29, 1.82) is 0 Å². The molecule has 0 aromatic rings. The van der Waals surface area contributed by atoms with Gasteiger partial charge < -0.3 is 19.7 Å². The van der Waals surface area contributed by atoms with Gasteiger partial charge in [0.1, 0.15) is 0 Å². The molecule has 142 valence electrons. The van der Waals surface area contributed by atoms with Crippen LogP contribution in [-0.2, 0) is 19.1 Å². The number of aliphatic carboxylic acids is 2. The van der Waals surface area contributed by atoms with Crippen LogP contribution in [0.5, 0.6) is 0 Å². The Morgan fingerprint density at radius 2 is 1.29 bits per heavy atom. The highest BCUT2D eigenvalue weighted by atomic mass is 16.5. The Bertz CT molecular complexity index is 332. The normalized spacial score (nSPS) is 11.6. The predicted molar refractivity (Wildman–Crippen MR) is 92.2 cm³/mol. The van der Waals surface area contributed by atoms with Crippen LogP contribution < -0.4 is 0 Å². The van der Waals surface area contributed by atoms with E-state index in [1.165, 1.54) is 0 Å². The van der Waals surface area contributed by atoms with Crippen molar-refractivity contribution >= 4 is 11.9 Å². The molecule has 0 aliphatic rings. The van der Waals surface area contributed by atoms with Crippen molar-refractivity contribution in [3.05, 3.63) is 0 Å². The fourth-order valence-electron chi connectivity index (χ4n) is 2.79. The van der Waals surface area contributed by atoms with Crippen LogP contribution in [0.15, 0.2) is 0 Å². The summed E-state index contributed by atoms with van der Waals surface area (Å²) in [5.74, 6) is -1.53. The lowest BCUT2D eigenvalue weighted by Gasteiger charge is -2.29. The average Bonchev–Trinajstić information content (AvgIpc) is 2.53. The van der Waals surface area contributed by atoms with Crippen molar-refractivity contribution in [2.24, 2.45) is 5.41 Å². The van der Waals surface area contributed by atoms with E-state index in [1.807, 2.05) is 13.8 Å². The van der Waals surface area contributed by atoms with Crippen molar-refractivity contribution in [2.75, 3.05) is 26.4 Å². The molecular weight excluding hydrogens is 312 g/mol. The van der Waals surface area contributed by atoms with Gasteiger partial charge in [-0.05, 0) is 39.5 Å². The summed E-state index contributed by atoms with van der Waals surface area (Å²) in [5, 5.41) is 18.3. The molecule has 0 amide bonds. The highest BCUT2D eigenvalue weighted by Crippen LogP contribution is 2.34. The molecule has 0 saturated heterocycles. The standard InChI is InChI=1S/C18H34O6/c1-3-23-14-12-18(17(21)22,13-15-24-4-2)11-9-7-5-6-8-10-16(19)20/h3-15H2,1-2H3,(H,19,20)(H,21,22). The first-order chi connectivity index (χ1) is 11.5. The van der Waals surface area contributed by atoms with Gasteiger partial charge >= 0.3 is 11.9 Å². The Hall–Kier alpha value is -1.14. The van der Waals surface area contributed by atoms with E-state index in [4.69, 9.17) is 14.6 Å². The maximum atomic E-state index is 11.9. The van der Waals surface area contributed by atoms with E-state index in [0.29, 0.717) is 52.1 Å². The summed E-state index contributed by atoms with van der Waals surface area (Å²) in [5.41, 5.74) is -0.786. The Morgan fingerprint density at radius 1 is 0.792 bits per heavy atom. The van der Waals surface area contributed by atoms with E-state index in [2.05, 4.69) is 0 Å². The van der Waals surface area contributed by atoms with Crippen LogP contribution in [0.25, 0.3) is 0 Å². The van der Waals surface area contributed by atoms with Crippen LogP contribution in [0, 0.1) is 5.41 Å². The first kappa shape index (κ1) is 22.9. The summed E-state index contributed by atoms with van der Waals surface area (Å²) in [6, 6.07) is 0. The van der Waals surface area contributed by atoms with Crippen LogP contribution in [0.4, 0.5) is 0 Å². The Balaban J connectivity index is 4.33. The molecule has 0 radical (unpaired) electrons. The van der Waals surface area contributed by atoms with Gasteiger partial charge in [-0.1, -0.05) is 25.7 Å². The van der Waals surface area contributed by atoms with Gasteiger partial charge in [-0.15, -0.1) is 0 Å². The summed E-state index contributed by atoms with van der Waals surface area (Å²) in [7, 11) is 0. The zero-order valence-electron chi connectivity index (χ0n) is 15.2. The molecule has 0 saturated carbocycles. The minimum Gasteiger partial charge on any atom is -0.481 e. The van der Waals surface area contributed by atoms with Crippen LogP contribution in [0.2, 0.25) is 0 Å². The molecule has 0 unspecified atom stereocenters. The molecule has 0 bridgehead atoms. The van der Waals surface area contributed by atoms with Gasteiger partial charge in [-0.3, -0.25) is 9.59 Å². The number of hydrogen-bond acceptors (Lipinski definition) is 4. The van der Waals surface area contributed by atoms with Gasteiger partial charge in [0.05, 0.1) is 5.41 Å². The van der Waals surface area contributed by atoms with Gasteiger partial charge in [0.15, 0.2) is 0 Å². The molecule has 0 aliphatic carbocycles. The van der Waals surface area contributed by atoms with E-state index >= 15 is 0 Å². The molecular formula is C18H34O6. The zero-order valence-corrected chi connectivity index (χ0v) is 15.2. The molecule has 0 fully saturated rings. The lowest BCUT2D eigenvalue weighted by Crippen LogP contribution is -2.34. The molecule has 0 rings (SSSR count). The number of unbranched alkanes of at least 4 members (excludes halogenated alkanes) is 4. The molecule has 2 N–H and O–H groups in total. The third kappa shape index (κ3) is 10.6. The third-order valence-corrected chi connectivity index (χ3v) is 4.36. The first-order valence-electron chi connectivity index (χ1n) is 9.09. The topological polar surface area (TPSA) is 93.1 Å². The minimum atomic E-state index is -0.786. The Morgan fingerprint density at radius 3 is 1.75 bits per heavy atom. The summed E-state index contributed by atoms with van der Waals surface area (Å²) in [6.07, 6.45) is 6.10. The maximum Gasteiger partial charge on any atom is 0.309 e. The molecule has 0 atom stereocenters. The SMILES string of the molecule is CCOCCC(CCCCCCCC(=O)O)(CCOCC)C(=O)O. The summed E-state index contributed by atoms with van der Waals surface area (Å²) in [6.45, 7) is 5.88. The number of ether oxygens (including phenoxy) is 2. The van der Waals surface area contributed by atoms with Gasteiger partial charge in [0.25, 0.3) is 0 Å². The summed E-state index contributed by atoms with van der Waals surface area (Å²) < 4.78 is 10.7. The molecule has 0 spiro atoms. The largest absolute Gasteiger partial charge is 0.481 e. The number of rotatable bonds is 17. The molecule has 0 aromatic heterocycles. The predicted octanol–water partition coefficient (Wildman–Crippen LogP) is 3.73. The molecule has 6 heteroatoms. The maximum absolute atomic E-state index is 11.9. The van der Waals surface area contributed by atoms with E-state index in [-0.39, 0.29) is 6.42 Å². The van der Waals surface area contributed by atoms with Crippen molar-refractivity contribution in [2.45, 2.75) is 71.6 Å². The van der Waals surface area contributed by atoms with Crippen LogP contribution in [-0.4, -0.2) is 48.6 Å². The van der Waals surface area contributed by atoms with Gasteiger partial charge in [0, 0.05) is 32.8 Å². The van der Waals surface area contributed by atoms with Gasteiger partial charge in [0.2, 0.25) is 0 Å². The van der Waals surface area contributed by atoms with E-state index < -0.39 is 17.4 Å². The fraction of sp³-hybridized carbons (Fsp3) is 0.889. The third-order valence-electron chi connectivity index (χ3n) is 4.36. The quantitative estimate of drug-likeness (QED) is 0.390. The first-order valence-corrected chi connectivity index (χ1v) is 9.09. The monoisotopic (exact) mass is 346 g/mol. The van der Waals surface area contributed by atoms with Gasteiger partial charge in [-0.2, -0.15) is 0 Å². The minimum absolute atomic E-state index is 0.210. The molecule has 6 nitrogen and oxygen atoms in total. The van der Waals surface area contributed by atoms with Crippen molar-refractivity contribution < 1.29 is 29.3 Å². The summed E-state index contributed by atoms with van der Waals surface area (Å²) >= 11 is 0. The Labute approximate surface area is 145 Å². The lowest BCUT2D eigenvalue weighted by molar-refractivity contribution is -0.152. The number of carboxylic acid groups (broad SMARTS) is 2. The highest BCUT2D eigenvalue weighted by molar-refractivity contribution is 5.74. The fourth-order valence-corrected chi connectivity index (χ4v) is 2.79. The molecule has 0 heterocycles. The van der Waals surface area contributed by atoms with E-state index in [1.54, 1.807) is 0 Å². The molecule has 0 aliphatic heterocycles. The number of carbonyl (C=O) groups is 2. The second kappa shape index (κ2) is 14.2. The number of hydrogen-bond donors (Lipinski definition) is 2. The second-order valence-electron chi connectivity index (χ2n) is 6.14. The second-order valence-corrected chi connectivity index (χ2v) is 6.14. The molecule has 24 heavy (non-hydrogen) atoms. The van der Waals surface area contributed by atoms with Crippen LogP contribution >= 0.6 is 0 Å². The van der Waals surface area contributed by atoms with Crippen molar-refractivity contribution in [3.8, 4) is 0 Å². The summed E-state index contributed by atoms with van der Waals surface area (Å²) in [4.78, 5) is 22.3. The number of carboxylic acids is 2. The van der Waals surface area contributed by atoms with Crippen LogP contribution in [0.1, 0.15) is 71.6 Å². The van der Waals surface area contributed by atoms with E-state index in [0.717, 1.165) is 25.7 Å².